The van der Waals surface area contributed by atoms with Gasteiger partial charge in [0.15, 0.2) is 12.4 Å². The molecule has 1 saturated heterocycles. The molecule has 15 heteroatoms. The number of hydrogen-bond donors (Lipinski definition) is 3. The highest BCUT2D eigenvalue weighted by Gasteiger charge is 2.71. The van der Waals surface area contributed by atoms with Crippen LogP contribution >= 0.6 is 0 Å². The summed E-state index contributed by atoms with van der Waals surface area (Å²) >= 11 is 0. The molecule has 6 rings (SSSR count). The van der Waals surface area contributed by atoms with Crippen LogP contribution in [-0.2, 0) is 28.7 Å². The molecule has 2 aliphatic heterocycles. The fourth-order valence-electron chi connectivity index (χ4n) is 10.4. The molecule has 0 aromatic heterocycles. The monoisotopic (exact) mass is 626 g/mol. The Bertz CT molecular complexity index is 1220. The lowest BCUT2D eigenvalue weighted by molar-refractivity contribution is -0.803. The summed E-state index contributed by atoms with van der Waals surface area (Å²) < 4.78 is 17.2. The molecule has 2 heterocycles. The number of aliphatic hydroxyl groups is 3. The van der Waals surface area contributed by atoms with Crippen molar-refractivity contribution < 1.29 is 54.2 Å². The Kier molecular flexibility index (Phi) is 7.88. The first-order valence-electron chi connectivity index (χ1n) is 15.6. The average Bonchev–Trinajstić information content (AvgIpc) is 3.49. The molecule has 0 unspecified atom stereocenters. The third-order valence-electron chi connectivity index (χ3n) is 12.4. The quantitative estimate of drug-likeness (QED) is 0.153. The first kappa shape index (κ1) is 31.4. The third-order valence-corrected chi connectivity index (χ3v) is 12.4. The van der Waals surface area contributed by atoms with E-state index in [0.717, 1.165) is 18.4 Å². The minimum absolute atomic E-state index is 0.0336. The Morgan fingerprint density at radius 1 is 1.02 bits per heavy atom. The molecule has 44 heavy (non-hydrogen) atoms. The number of esters is 1. The number of fused-ring (bicyclic) bond motifs is 5. The van der Waals surface area contributed by atoms with Crippen LogP contribution in [0.15, 0.2) is 11.6 Å². The standard InChI is InChI=1S/C29H42N2O13/c1-16-25(44-31(38)39)22(43-30(36)37)12-24(41-16)42-18-3-8-27(15-32)20-4-7-26(2)19(17-11-23(33)40-14-17)6-10-29(26,35)21(20)5-9-28(27,34)13-18/h11,16,18-22,24-25,32,34-35H,3-10,12-15H2,1-2H3/t16-,18+,19-,20+,21-,22+,24+,25-,26-,27+,28+,29+/m1/s1. The summed E-state index contributed by atoms with van der Waals surface area (Å²) in [6, 6.07) is 0. The smallest absolute Gasteiger partial charge is 0.331 e. The van der Waals surface area contributed by atoms with Crippen molar-refractivity contribution in [2.45, 2.75) is 120 Å². The van der Waals surface area contributed by atoms with Crippen LogP contribution in [-0.4, -0.2) is 86.6 Å². The van der Waals surface area contributed by atoms with E-state index in [0.29, 0.717) is 38.5 Å². The highest BCUT2D eigenvalue weighted by molar-refractivity contribution is 5.85. The number of hydrogen-bond acceptors (Lipinski definition) is 13. The van der Waals surface area contributed by atoms with E-state index < -0.39 is 62.9 Å². The van der Waals surface area contributed by atoms with Gasteiger partial charge in [0.25, 0.3) is 10.2 Å². The van der Waals surface area contributed by atoms with Gasteiger partial charge in [0.2, 0.25) is 0 Å². The normalized spacial score (nSPS) is 48.3. The largest absolute Gasteiger partial charge is 0.458 e. The second-order valence-corrected chi connectivity index (χ2v) is 14.1. The van der Waals surface area contributed by atoms with Crippen LogP contribution in [0.3, 0.4) is 0 Å². The van der Waals surface area contributed by atoms with Crippen molar-refractivity contribution in [3.8, 4) is 0 Å². The summed E-state index contributed by atoms with van der Waals surface area (Å²) in [5.41, 5.74) is -2.65. The first-order valence-corrected chi connectivity index (χ1v) is 15.6. The highest BCUT2D eigenvalue weighted by atomic mass is 17.0. The fraction of sp³-hybridized carbons (Fsp3) is 0.897. The molecule has 0 spiro atoms. The van der Waals surface area contributed by atoms with E-state index in [-0.39, 0.29) is 49.8 Å². The van der Waals surface area contributed by atoms with Gasteiger partial charge < -0.3 is 39.2 Å². The summed E-state index contributed by atoms with van der Waals surface area (Å²) in [5, 5.41) is 55.6. The van der Waals surface area contributed by atoms with Gasteiger partial charge in [0.05, 0.1) is 30.0 Å². The van der Waals surface area contributed by atoms with Crippen LogP contribution in [0.5, 0.6) is 0 Å². The minimum atomic E-state index is -1.32. The number of rotatable bonds is 8. The maximum atomic E-state index is 12.4. The van der Waals surface area contributed by atoms with Crippen LogP contribution < -0.4 is 0 Å². The molecule has 0 aromatic rings. The second-order valence-electron chi connectivity index (χ2n) is 14.1. The lowest BCUT2D eigenvalue weighted by atomic mass is 9.41. The van der Waals surface area contributed by atoms with Crippen molar-refractivity contribution >= 4 is 5.97 Å². The molecule has 246 valence electrons. The summed E-state index contributed by atoms with van der Waals surface area (Å²) in [6.07, 6.45) is 1.12. The highest BCUT2D eigenvalue weighted by Crippen LogP contribution is 2.70. The zero-order chi connectivity index (χ0) is 31.7. The second kappa shape index (κ2) is 11.0. The molecular formula is C29H42N2O13. The Morgan fingerprint density at radius 2 is 1.75 bits per heavy atom. The third kappa shape index (κ3) is 4.77. The maximum Gasteiger partial charge on any atom is 0.331 e. The predicted octanol–water partition coefficient (Wildman–Crippen LogP) is 2.00. The van der Waals surface area contributed by atoms with Gasteiger partial charge >= 0.3 is 5.97 Å². The zero-order valence-corrected chi connectivity index (χ0v) is 25.0. The molecule has 0 aromatic carbocycles. The minimum Gasteiger partial charge on any atom is -0.458 e. The lowest BCUT2D eigenvalue weighted by Crippen LogP contribution is -2.69. The molecule has 12 atom stereocenters. The number of ether oxygens (including phenoxy) is 3. The van der Waals surface area contributed by atoms with Crippen molar-refractivity contribution in [1.29, 1.82) is 0 Å². The van der Waals surface area contributed by atoms with E-state index in [2.05, 4.69) is 16.6 Å². The summed E-state index contributed by atoms with van der Waals surface area (Å²) in [4.78, 5) is 43.2. The van der Waals surface area contributed by atoms with Gasteiger partial charge in [-0.15, -0.1) is 20.2 Å². The maximum absolute atomic E-state index is 12.4. The van der Waals surface area contributed by atoms with Gasteiger partial charge in [-0.3, -0.25) is 0 Å². The molecular weight excluding hydrogens is 584 g/mol. The Balaban J connectivity index is 1.17. The Hall–Kier alpha value is -2.59. The Morgan fingerprint density at radius 3 is 2.41 bits per heavy atom. The van der Waals surface area contributed by atoms with Crippen molar-refractivity contribution in [3.63, 3.8) is 0 Å². The van der Waals surface area contributed by atoms with Gasteiger partial charge in [-0.2, -0.15) is 0 Å². The zero-order valence-electron chi connectivity index (χ0n) is 25.0. The van der Waals surface area contributed by atoms with E-state index in [1.807, 2.05) is 0 Å². The van der Waals surface area contributed by atoms with Crippen LogP contribution in [0, 0.1) is 48.8 Å². The topological polar surface area (TPSA) is 210 Å². The molecule has 3 N–H and O–H groups in total. The molecule has 0 amide bonds. The molecule has 4 aliphatic carbocycles. The lowest BCUT2D eigenvalue weighted by Gasteiger charge is -2.66. The van der Waals surface area contributed by atoms with Crippen molar-refractivity contribution in [2.24, 2.45) is 28.6 Å². The van der Waals surface area contributed by atoms with E-state index in [1.54, 1.807) is 6.08 Å². The van der Waals surface area contributed by atoms with Crippen molar-refractivity contribution in [3.05, 3.63) is 31.9 Å². The SMILES string of the molecule is C[C@H]1O[C@@H](O[C@H]2CC[C@]3(CO)[C@H]4CC[C@]5(C)[C@@H](C6=CC(=O)OC6)CC[C@]5(O)[C@@H]4CC[C@]3(O)C2)C[C@H](O[N+](=O)[O-])[C@@H]1O[N+](=O)[O-]. The first-order chi connectivity index (χ1) is 20.7. The van der Waals surface area contributed by atoms with Gasteiger partial charge in [0.1, 0.15) is 12.7 Å². The van der Waals surface area contributed by atoms with Crippen molar-refractivity contribution in [2.75, 3.05) is 13.2 Å². The Labute approximate surface area is 254 Å². The van der Waals surface area contributed by atoms with E-state index >= 15 is 0 Å². The van der Waals surface area contributed by atoms with E-state index in [9.17, 15) is 40.3 Å². The summed E-state index contributed by atoms with van der Waals surface area (Å²) in [6.45, 7) is 3.62. The van der Waals surface area contributed by atoms with Gasteiger partial charge in [-0.25, -0.2) is 4.79 Å². The molecule has 0 radical (unpaired) electrons. The van der Waals surface area contributed by atoms with E-state index in [4.69, 9.17) is 14.2 Å². The number of cyclic esters (lactones) is 1. The predicted molar refractivity (Wildman–Crippen MR) is 146 cm³/mol. The van der Waals surface area contributed by atoms with Crippen LogP contribution in [0.25, 0.3) is 0 Å². The molecule has 0 bridgehead atoms. The number of carbonyl (C=O) groups excluding carboxylic acids is 1. The molecule has 6 aliphatic rings. The van der Waals surface area contributed by atoms with Crippen LogP contribution in [0.4, 0.5) is 0 Å². The van der Waals surface area contributed by atoms with E-state index in [1.165, 1.54) is 6.92 Å². The van der Waals surface area contributed by atoms with Gasteiger partial charge in [-0.1, -0.05) is 6.92 Å². The summed E-state index contributed by atoms with van der Waals surface area (Å²) in [7, 11) is 0. The molecule has 15 nitrogen and oxygen atoms in total. The number of aliphatic hydroxyl groups excluding tert-OH is 1. The number of carbonyl (C=O) groups is 1. The number of nitrogens with zero attached hydrogens (tertiary/aromatic N) is 2. The van der Waals surface area contributed by atoms with Gasteiger partial charge in [0, 0.05) is 29.7 Å². The van der Waals surface area contributed by atoms with Gasteiger partial charge in [-0.05, 0) is 81.6 Å². The van der Waals surface area contributed by atoms with Crippen molar-refractivity contribution in [1.82, 2.24) is 0 Å². The molecule has 5 fully saturated rings. The average molecular weight is 627 g/mol. The van der Waals surface area contributed by atoms with Crippen LogP contribution in [0.1, 0.15) is 78.1 Å². The fourth-order valence-corrected chi connectivity index (χ4v) is 10.4. The van der Waals surface area contributed by atoms with Crippen LogP contribution in [0.2, 0.25) is 0 Å². The summed E-state index contributed by atoms with van der Waals surface area (Å²) in [5.74, 6) is -0.558. The molecule has 4 saturated carbocycles.